The molecule has 1 aromatic rings. The maximum absolute atomic E-state index is 5.74. The lowest BCUT2D eigenvalue weighted by Gasteiger charge is -2.24. The van der Waals surface area contributed by atoms with E-state index in [0.29, 0.717) is 12.5 Å². The largest absolute Gasteiger partial charge is 0.381 e. The molecular formula is C14H23N3O. The third-order valence-corrected chi connectivity index (χ3v) is 4.22. The van der Waals surface area contributed by atoms with E-state index in [0.717, 1.165) is 39.0 Å². The van der Waals surface area contributed by atoms with Crippen LogP contribution in [-0.4, -0.2) is 29.5 Å². The molecule has 0 aromatic carbocycles. The fourth-order valence-electron chi connectivity index (χ4n) is 3.35. The summed E-state index contributed by atoms with van der Waals surface area (Å²) >= 11 is 0. The van der Waals surface area contributed by atoms with Gasteiger partial charge in [0.1, 0.15) is 0 Å². The van der Waals surface area contributed by atoms with Gasteiger partial charge in [-0.2, -0.15) is 5.10 Å². The highest BCUT2D eigenvalue weighted by Crippen LogP contribution is 2.34. The second kappa shape index (κ2) is 5.41. The van der Waals surface area contributed by atoms with Gasteiger partial charge in [-0.1, -0.05) is 0 Å². The van der Waals surface area contributed by atoms with Crippen molar-refractivity contribution in [2.75, 3.05) is 19.8 Å². The molecule has 0 saturated carbocycles. The molecule has 0 amide bonds. The number of hydrogen-bond acceptors (Lipinski definition) is 3. The SMILES string of the molecule is NCCc1nn2c(c1C1CCOCC1)CCCC2. The smallest absolute Gasteiger partial charge is 0.0674 e. The Morgan fingerprint density at radius 2 is 2.11 bits per heavy atom. The first kappa shape index (κ1) is 12.2. The molecular weight excluding hydrogens is 226 g/mol. The molecule has 2 aliphatic rings. The van der Waals surface area contributed by atoms with Crippen LogP contribution in [0.25, 0.3) is 0 Å². The maximum Gasteiger partial charge on any atom is 0.0674 e. The summed E-state index contributed by atoms with van der Waals surface area (Å²) in [6.45, 7) is 3.59. The van der Waals surface area contributed by atoms with Crippen molar-refractivity contribution >= 4 is 0 Å². The topological polar surface area (TPSA) is 53.1 Å². The van der Waals surface area contributed by atoms with Crippen LogP contribution in [0.3, 0.4) is 0 Å². The van der Waals surface area contributed by atoms with Gasteiger partial charge >= 0.3 is 0 Å². The van der Waals surface area contributed by atoms with Crippen molar-refractivity contribution in [3.05, 3.63) is 17.0 Å². The number of aromatic nitrogens is 2. The van der Waals surface area contributed by atoms with Gasteiger partial charge in [-0.3, -0.25) is 4.68 Å². The van der Waals surface area contributed by atoms with Gasteiger partial charge in [0.05, 0.1) is 5.69 Å². The highest BCUT2D eigenvalue weighted by Gasteiger charge is 2.27. The van der Waals surface area contributed by atoms with Crippen molar-refractivity contribution in [3.8, 4) is 0 Å². The Hall–Kier alpha value is -0.870. The first-order chi connectivity index (χ1) is 8.90. The number of aryl methyl sites for hydroxylation is 1. The number of rotatable bonds is 3. The molecule has 0 radical (unpaired) electrons. The Kier molecular flexibility index (Phi) is 3.66. The van der Waals surface area contributed by atoms with E-state index in [1.807, 2.05) is 0 Å². The minimum atomic E-state index is 0.655. The second-order valence-corrected chi connectivity index (χ2v) is 5.41. The van der Waals surface area contributed by atoms with Gasteiger partial charge in [0, 0.05) is 31.9 Å². The molecule has 0 unspecified atom stereocenters. The molecule has 0 atom stereocenters. The van der Waals surface area contributed by atoms with E-state index in [1.54, 1.807) is 0 Å². The maximum atomic E-state index is 5.74. The fraction of sp³-hybridized carbons (Fsp3) is 0.786. The highest BCUT2D eigenvalue weighted by atomic mass is 16.5. The molecule has 3 heterocycles. The van der Waals surface area contributed by atoms with Crippen LogP contribution in [-0.2, 0) is 24.1 Å². The third kappa shape index (κ3) is 2.19. The van der Waals surface area contributed by atoms with Crippen LogP contribution < -0.4 is 5.73 Å². The minimum Gasteiger partial charge on any atom is -0.381 e. The zero-order valence-corrected chi connectivity index (χ0v) is 11.0. The normalized spacial score (nSPS) is 20.9. The Morgan fingerprint density at radius 1 is 1.28 bits per heavy atom. The van der Waals surface area contributed by atoms with Crippen LogP contribution in [0.1, 0.15) is 48.6 Å². The van der Waals surface area contributed by atoms with Gasteiger partial charge in [-0.15, -0.1) is 0 Å². The quantitative estimate of drug-likeness (QED) is 0.885. The molecule has 2 N–H and O–H groups in total. The Labute approximate surface area is 108 Å². The molecule has 4 nitrogen and oxygen atoms in total. The van der Waals surface area contributed by atoms with Crippen LogP contribution in [0.4, 0.5) is 0 Å². The van der Waals surface area contributed by atoms with Gasteiger partial charge < -0.3 is 10.5 Å². The van der Waals surface area contributed by atoms with Gasteiger partial charge in [0.15, 0.2) is 0 Å². The molecule has 1 fully saturated rings. The number of fused-ring (bicyclic) bond motifs is 1. The molecule has 4 heteroatoms. The number of nitrogens with two attached hydrogens (primary N) is 1. The van der Waals surface area contributed by atoms with Crippen molar-refractivity contribution in [1.82, 2.24) is 9.78 Å². The molecule has 100 valence electrons. The highest BCUT2D eigenvalue weighted by molar-refractivity contribution is 5.32. The summed E-state index contributed by atoms with van der Waals surface area (Å²) in [5.41, 5.74) is 10.0. The monoisotopic (exact) mass is 249 g/mol. The van der Waals surface area contributed by atoms with Crippen molar-refractivity contribution in [2.45, 2.75) is 51.0 Å². The summed E-state index contributed by atoms with van der Waals surface area (Å²) in [6.07, 6.45) is 7.00. The lowest BCUT2D eigenvalue weighted by atomic mass is 9.87. The van der Waals surface area contributed by atoms with E-state index in [-0.39, 0.29) is 0 Å². The van der Waals surface area contributed by atoms with Crippen LogP contribution in [0, 0.1) is 0 Å². The predicted octanol–water partition coefficient (Wildman–Crippen LogP) is 1.61. The summed E-state index contributed by atoms with van der Waals surface area (Å²) in [4.78, 5) is 0. The van der Waals surface area contributed by atoms with E-state index in [2.05, 4.69) is 4.68 Å². The zero-order chi connectivity index (χ0) is 12.4. The molecule has 0 spiro atoms. The second-order valence-electron chi connectivity index (χ2n) is 5.41. The Balaban J connectivity index is 1.95. The first-order valence-electron chi connectivity index (χ1n) is 7.26. The average Bonchev–Trinajstić information content (AvgIpc) is 2.78. The Bertz CT molecular complexity index is 407. The number of nitrogens with zero attached hydrogens (tertiary/aromatic N) is 2. The van der Waals surface area contributed by atoms with Gasteiger partial charge in [0.2, 0.25) is 0 Å². The lowest BCUT2D eigenvalue weighted by molar-refractivity contribution is 0.0849. The van der Waals surface area contributed by atoms with Gasteiger partial charge in [-0.25, -0.2) is 0 Å². The van der Waals surface area contributed by atoms with Crippen LogP contribution in [0.2, 0.25) is 0 Å². The van der Waals surface area contributed by atoms with Crippen molar-refractivity contribution in [3.63, 3.8) is 0 Å². The predicted molar refractivity (Wildman–Crippen MR) is 70.7 cm³/mol. The van der Waals surface area contributed by atoms with Crippen molar-refractivity contribution in [1.29, 1.82) is 0 Å². The first-order valence-corrected chi connectivity index (χ1v) is 7.26. The zero-order valence-electron chi connectivity index (χ0n) is 11.0. The molecule has 1 saturated heterocycles. The third-order valence-electron chi connectivity index (χ3n) is 4.22. The van der Waals surface area contributed by atoms with Crippen LogP contribution in [0.15, 0.2) is 0 Å². The molecule has 1 aromatic heterocycles. The van der Waals surface area contributed by atoms with E-state index in [4.69, 9.17) is 15.6 Å². The summed E-state index contributed by atoms with van der Waals surface area (Å²) in [5, 5.41) is 4.81. The van der Waals surface area contributed by atoms with Gasteiger partial charge in [0.25, 0.3) is 0 Å². The van der Waals surface area contributed by atoms with Crippen LogP contribution >= 0.6 is 0 Å². The minimum absolute atomic E-state index is 0.655. The lowest BCUT2D eigenvalue weighted by Crippen LogP contribution is -2.18. The molecule has 3 rings (SSSR count). The van der Waals surface area contributed by atoms with Crippen molar-refractivity contribution < 1.29 is 4.74 Å². The van der Waals surface area contributed by atoms with Crippen LogP contribution in [0.5, 0.6) is 0 Å². The van der Waals surface area contributed by atoms with E-state index < -0.39 is 0 Å². The molecule has 0 aliphatic carbocycles. The average molecular weight is 249 g/mol. The Morgan fingerprint density at radius 3 is 2.89 bits per heavy atom. The molecule has 0 bridgehead atoms. The summed E-state index contributed by atoms with van der Waals surface area (Å²) < 4.78 is 7.74. The number of hydrogen-bond donors (Lipinski definition) is 1. The van der Waals surface area contributed by atoms with E-state index in [9.17, 15) is 0 Å². The standard InChI is InChI=1S/C14H23N3O/c15-7-4-12-14(11-5-9-18-10-6-11)13-3-1-2-8-17(13)16-12/h11H,1-10,15H2. The summed E-state index contributed by atoms with van der Waals surface area (Å²) in [6, 6.07) is 0. The van der Waals surface area contributed by atoms with E-state index in [1.165, 1.54) is 36.2 Å². The fourth-order valence-corrected chi connectivity index (χ4v) is 3.35. The molecule has 2 aliphatic heterocycles. The van der Waals surface area contributed by atoms with Crippen molar-refractivity contribution in [2.24, 2.45) is 5.73 Å². The summed E-state index contributed by atoms with van der Waals surface area (Å²) in [5.74, 6) is 0.655. The van der Waals surface area contributed by atoms with Gasteiger partial charge in [-0.05, 0) is 50.1 Å². The summed E-state index contributed by atoms with van der Waals surface area (Å²) in [7, 11) is 0. The van der Waals surface area contributed by atoms with E-state index >= 15 is 0 Å². The molecule has 18 heavy (non-hydrogen) atoms. The number of ether oxygens (including phenoxy) is 1.